The molecule has 2 rings (SSSR count). The van der Waals surface area contributed by atoms with Crippen LogP contribution in [0.15, 0.2) is 18.2 Å². The lowest BCUT2D eigenvalue weighted by Crippen LogP contribution is -2.24. The third kappa shape index (κ3) is 2.79. The molecule has 0 saturated carbocycles. The molecule has 5 heteroatoms. The number of hydrogen-bond donors (Lipinski definition) is 2. The van der Waals surface area contributed by atoms with Crippen molar-refractivity contribution in [2.24, 2.45) is 0 Å². The van der Waals surface area contributed by atoms with Crippen LogP contribution in [0, 0.1) is 11.8 Å². The zero-order valence-corrected chi connectivity index (χ0v) is 10.8. The number of nitrogens with one attached hydrogen (secondary N) is 1. The Bertz CT molecular complexity index is 636. The summed E-state index contributed by atoms with van der Waals surface area (Å²) in [4.78, 5) is 16.0. The fourth-order valence-corrected chi connectivity index (χ4v) is 2.32. The molecule has 0 aliphatic carbocycles. The molecule has 0 spiro atoms. The minimum absolute atomic E-state index is 0.0956. The number of nitrogens with two attached hydrogens (primary N) is 1. The van der Waals surface area contributed by atoms with E-state index in [1.165, 1.54) is 11.3 Å². The molecule has 0 saturated heterocycles. The van der Waals surface area contributed by atoms with Crippen LogP contribution in [0.3, 0.4) is 0 Å². The Balaban J connectivity index is 2.09. The number of anilines is 1. The van der Waals surface area contributed by atoms with E-state index in [4.69, 9.17) is 5.73 Å². The molecule has 0 radical (unpaired) electrons. The van der Waals surface area contributed by atoms with Crippen LogP contribution in [0.5, 0.6) is 0 Å². The Morgan fingerprint density at radius 1 is 1.56 bits per heavy atom. The first-order chi connectivity index (χ1) is 8.70. The summed E-state index contributed by atoms with van der Waals surface area (Å²) in [5.41, 5.74) is 7.07. The predicted octanol–water partition coefficient (Wildman–Crippen LogP) is 2.02. The summed E-state index contributed by atoms with van der Waals surface area (Å²) in [5.74, 6) is 5.59. The van der Waals surface area contributed by atoms with Gasteiger partial charge in [0.1, 0.15) is 0 Å². The standard InChI is InChI=1S/C13H13N3OS/c1-2-3-4-7-15-12(17)9-5-6-10-11(8-9)18-13(14)16-10/h5-6,8H,4,7H2,1H3,(H2,14,16)(H,15,17). The summed E-state index contributed by atoms with van der Waals surface area (Å²) >= 11 is 1.38. The molecule has 1 aromatic heterocycles. The van der Waals surface area contributed by atoms with Crippen molar-refractivity contribution in [1.82, 2.24) is 10.3 Å². The van der Waals surface area contributed by atoms with Gasteiger partial charge in [0.25, 0.3) is 5.91 Å². The van der Waals surface area contributed by atoms with Crippen LogP contribution >= 0.6 is 11.3 Å². The molecule has 4 nitrogen and oxygen atoms in total. The molecular formula is C13H13N3OS. The fourth-order valence-electron chi connectivity index (χ4n) is 1.55. The molecule has 3 N–H and O–H groups in total. The molecule has 0 atom stereocenters. The van der Waals surface area contributed by atoms with Crippen molar-refractivity contribution in [3.63, 3.8) is 0 Å². The van der Waals surface area contributed by atoms with Crippen molar-refractivity contribution < 1.29 is 4.79 Å². The van der Waals surface area contributed by atoms with Crippen LogP contribution in [0.4, 0.5) is 5.13 Å². The van der Waals surface area contributed by atoms with E-state index in [0.29, 0.717) is 23.7 Å². The van der Waals surface area contributed by atoms with E-state index in [0.717, 1.165) is 10.2 Å². The van der Waals surface area contributed by atoms with Gasteiger partial charge in [0.15, 0.2) is 5.13 Å². The van der Waals surface area contributed by atoms with Gasteiger partial charge in [-0.3, -0.25) is 4.79 Å². The molecule has 92 valence electrons. The maximum Gasteiger partial charge on any atom is 0.251 e. The van der Waals surface area contributed by atoms with Gasteiger partial charge in [0.05, 0.1) is 10.2 Å². The van der Waals surface area contributed by atoms with E-state index < -0.39 is 0 Å². The number of thiazole rings is 1. The summed E-state index contributed by atoms with van der Waals surface area (Å²) in [6.07, 6.45) is 0.665. The Hall–Kier alpha value is -2.06. The van der Waals surface area contributed by atoms with Gasteiger partial charge >= 0.3 is 0 Å². The van der Waals surface area contributed by atoms with Gasteiger partial charge in [0, 0.05) is 18.5 Å². The summed E-state index contributed by atoms with van der Waals surface area (Å²) < 4.78 is 0.925. The lowest BCUT2D eigenvalue weighted by molar-refractivity contribution is 0.0954. The summed E-state index contributed by atoms with van der Waals surface area (Å²) in [6.45, 7) is 2.34. The van der Waals surface area contributed by atoms with Gasteiger partial charge in [-0.1, -0.05) is 11.3 Å². The summed E-state index contributed by atoms with van der Waals surface area (Å²) in [7, 11) is 0. The Labute approximate surface area is 109 Å². The Morgan fingerprint density at radius 2 is 2.39 bits per heavy atom. The topological polar surface area (TPSA) is 68.0 Å². The number of fused-ring (bicyclic) bond motifs is 1. The van der Waals surface area contributed by atoms with Gasteiger partial charge < -0.3 is 11.1 Å². The molecule has 0 bridgehead atoms. The van der Waals surface area contributed by atoms with Crippen molar-refractivity contribution in [2.45, 2.75) is 13.3 Å². The smallest absolute Gasteiger partial charge is 0.251 e. The summed E-state index contributed by atoms with van der Waals surface area (Å²) in [6, 6.07) is 5.37. The second-order valence-corrected chi connectivity index (χ2v) is 4.73. The number of carbonyl (C=O) groups excluding carboxylic acids is 1. The van der Waals surface area contributed by atoms with E-state index in [2.05, 4.69) is 22.1 Å². The van der Waals surface area contributed by atoms with E-state index in [1.54, 1.807) is 13.0 Å². The maximum atomic E-state index is 11.9. The quantitative estimate of drug-likeness (QED) is 0.654. The van der Waals surface area contributed by atoms with Crippen LogP contribution in [0.2, 0.25) is 0 Å². The largest absolute Gasteiger partial charge is 0.375 e. The van der Waals surface area contributed by atoms with Crippen LogP contribution in [0.25, 0.3) is 10.2 Å². The molecule has 0 aliphatic heterocycles. The van der Waals surface area contributed by atoms with Gasteiger partial charge in [-0.25, -0.2) is 4.98 Å². The molecule has 1 amide bonds. The number of rotatable bonds is 3. The molecular weight excluding hydrogens is 246 g/mol. The van der Waals surface area contributed by atoms with Crippen molar-refractivity contribution in [1.29, 1.82) is 0 Å². The number of carbonyl (C=O) groups is 1. The number of hydrogen-bond acceptors (Lipinski definition) is 4. The van der Waals surface area contributed by atoms with Crippen LogP contribution < -0.4 is 11.1 Å². The first kappa shape index (κ1) is 12.4. The average Bonchev–Trinajstić information content (AvgIpc) is 2.73. The fraction of sp³-hybridized carbons (Fsp3) is 0.231. The Morgan fingerprint density at radius 3 is 3.17 bits per heavy atom. The Kier molecular flexibility index (Phi) is 3.80. The average molecular weight is 259 g/mol. The zero-order valence-electron chi connectivity index (χ0n) is 9.99. The predicted molar refractivity (Wildman–Crippen MR) is 74.4 cm³/mol. The van der Waals surface area contributed by atoms with Gasteiger partial charge in [-0.05, 0) is 25.1 Å². The highest BCUT2D eigenvalue weighted by molar-refractivity contribution is 7.22. The molecule has 0 fully saturated rings. The zero-order chi connectivity index (χ0) is 13.0. The molecule has 0 aliphatic rings. The molecule has 18 heavy (non-hydrogen) atoms. The van der Waals surface area contributed by atoms with Crippen LogP contribution in [0.1, 0.15) is 23.7 Å². The van der Waals surface area contributed by atoms with E-state index in [-0.39, 0.29) is 5.91 Å². The van der Waals surface area contributed by atoms with Gasteiger partial charge in [-0.15, -0.1) is 11.8 Å². The molecule has 2 aromatic rings. The van der Waals surface area contributed by atoms with Gasteiger partial charge in [-0.2, -0.15) is 0 Å². The van der Waals surface area contributed by atoms with Crippen molar-refractivity contribution in [2.75, 3.05) is 12.3 Å². The number of aromatic nitrogens is 1. The SMILES string of the molecule is CC#CCCNC(=O)c1ccc2nc(N)sc2c1. The third-order valence-corrected chi connectivity index (χ3v) is 3.23. The molecule has 1 heterocycles. The highest BCUT2D eigenvalue weighted by atomic mass is 32.1. The first-order valence-corrected chi connectivity index (χ1v) is 6.36. The third-order valence-electron chi connectivity index (χ3n) is 2.38. The second-order valence-electron chi connectivity index (χ2n) is 3.67. The number of amides is 1. The van der Waals surface area contributed by atoms with Crippen molar-refractivity contribution in [3.8, 4) is 11.8 Å². The highest BCUT2D eigenvalue weighted by Crippen LogP contribution is 2.24. The van der Waals surface area contributed by atoms with Crippen molar-refractivity contribution in [3.05, 3.63) is 23.8 Å². The minimum Gasteiger partial charge on any atom is -0.375 e. The molecule has 0 unspecified atom stereocenters. The number of benzene rings is 1. The normalized spacial score (nSPS) is 9.83. The number of nitrogen functional groups attached to an aromatic ring is 1. The summed E-state index contributed by atoms with van der Waals surface area (Å²) in [5, 5.41) is 3.33. The van der Waals surface area contributed by atoms with E-state index in [1.807, 2.05) is 12.1 Å². The molecule has 1 aromatic carbocycles. The minimum atomic E-state index is -0.0956. The van der Waals surface area contributed by atoms with Crippen LogP contribution in [-0.4, -0.2) is 17.4 Å². The first-order valence-electron chi connectivity index (χ1n) is 5.54. The second kappa shape index (κ2) is 5.52. The van der Waals surface area contributed by atoms with Crippen LogP contribution in [-0.2, 0) is 0 Å². The monoisotopic (exact) mass is 259 g/mol. The van der Waals surface area contributed by atoms with Gasteiger partial charge in [0.2, 0.25) is 0 Å². The van der Waals surface area contributed by atoms with E-state index >= 15 is 0 Å². The van der Waals surface area contributed by atoms with Crippen molar-refractivity contribution >= 4 is 32.6 Å². The lowest BCUT2D eigenvalue weighted by Gasteiger charge is -2.02. The highest BCUT2D eigenvalue weighted by Gasteiger charge is 2.07. The lowest BCUT2D eigenvalue weighted by atomic mass is 10.2. The maximum absolute atomic E-state index is 11.9. The number of nitrogens with zero attached hydrogens (tertiary/aromatic N) is 1. The van der Waals surface area contributed by atoms with E-state index in [9.17, 15) is 4.79 Å².